The molecule has 1 N–H and O–H groups in total. The number of hydrogen-bond acceptors (Lipinski definition) is 3. The Balaban J connectivity index is 1.54. The summed E-state index contributed by atoms with van der Waals surface area (Å²) in [5.74, 6) is 2.19. The number of amides is 1. The van der Waals surface area contributed by atoms with Gasteiger partial charge in [-0.2, -0.15) is 0 Å². The first-order valence-corrected chi connectivity index (χ1v) is 8.30. The molecule has 1 amide bonds. The summed E-state index contributed by atoms with van der Waals surface area (Å²) in [5.41, 5.74) is 0. The summed E-state index contributed by atoms with van der Waals surface area (Å²) in [6.07, 6.45) is 4.68. The fourth-order valence-corrected chi connectivity index (χ4v) is 3.02. The lowest BCUT2D eigenvalue weighted by Crippen LogP contribution is -2.40. The number of carbonyl (C=O) groups is 1. The van der Waals surface area contributed by atoms with Crippen molar-refractivity contribution in [3.8, 4) is 5.75 Å². The minimum absolute atomic E-state index is 0.130. The third-order valence-electron chi connectivity index (χ3n) is 4.44. The van der Waals surface area contributed by atoms with Gasteiger partial charge in [-0.15, -0.1) is 0 Å². The summed E-state index contributed by atoms with van der Waals surface area (Å²) < 4.78 is 11.2. The van der Waals surface area contributed by atoms with Crippen molar-refractivity contribution < 1.29 is 13.9 Å². The molecule has 0 radical (unpaired) electrons. The maximum atomic E-state index is 12.3. The van der Waals surface area contributed by atoms with E-state index in [0.29, 0.717) is 24.0 Å². The first-order chi connectivity index (χ1) is 11.2. The summed E-state index contributed by atoms with van der Waals surface area (Å²) in [7, 11) is 0. The first kappa shape index (κ1) is 15.7. The molecule has 0 spiro atoms. The molecular formula is C19H23NO3. The van der Waals surface area contributed by atoms with Crippen LogP contribution in [0.3, 0.4) is 0 Å². The van der Waals surface area contributed by atoms with Gasteiger partial charge in [-0.05, 0) is 43.0 Å². The molecule has 1 heterocycles. The number of benzene rings is 1. The number of nitrogens with one attached hydrogen (secondary N) is 1. The second-order valence-electron chi connectivity index (χ2n) is 6.21. The minimum atomic E-state index is -0.130. The van der Waals surface area contributed by atoms with Gasteiger partial charge in [-0.1, -0.05) is 38.0 Å². The van der Waals surface area contributed by atoms with Crippen LogP contribution in [0.4, 0.5) is 0 Å². The summed E-state index contributed by atoms with van der Waals surface area (Å²) in [6.45, 7) is 2.52. The normalized spacial score (nSPS) is 20.9. The molecule has 3 rings (SSSR count). The van der Waals surface area contributed by atoms with E-state index in [4.69, 9.17) is 9.15 Å². The number of hydrogen-bond donors (Lipinski definition) is 1. The molecular weight excluding hydrogens is 290 g/mol. The van der Waals surface area contributed by atoms with E-state index in [1.54, 1.807) is 12.1 Å². The zero-order valence-electron chi connectivity index (χ0n) is 13.5. The molecule has 4 nitrogen and oxygen atoms in total. The molecule has 122 valence electrons. The molecule has 23 heavy (non-hydrogen) atoms. The van der Waals surface area contributed by atoms with Crippen molar-refractivity contribution in [1.29, 1.82) is 0 Å². The van der Waals surface area contributed by atoms with Gasteiger partial charge in [0.05, 0.1) is 0 Å². The number of carbonyl (C=O) groups excluding carboxylic acids is 1. The van der Waals surface area contributed by atoms with Gasteiger partial charge in [-0.25, -0.2) is 0 Å². The van der Waals surface area contributed by atoms with E-state index in [1.807, 2.05) is 30.3 Å². The number of ether oxygens (including phenoxy) is 1. The largest absolute Gasteiger partial charge is 0.486 e. The summed E-state index contributed by atoms with van der Waals surface area (Å²) in [5, 5.41) is 3.10. The number of furan rings is 1. The standard InChI is InChI=1S/C19H23NO3/c1-14-7-5-6-10-17(14)20-19(21)18-12-11-16(23-18)13-22-15-8-3-2-4-9-15/h2-4,8-9,11-12,14,17H,5-7,10,13H2,1H3,(H,20,21)/t14-,17-/m0/s1. The summed E-state index contributed by atoms with van der Waals surface area (Å²) in [4.78, 5) is 12.3. The van der Waals surface area contributed by atoms with Crippen LogP contribution < -0.4 is 10.1 Å². The number of rotatable bonds is 5. The maximum absolute atomic E-state index is 12.3. The van der Waals surface area contributed by atoms with Crippen LogP contribution >= 0.6 is 0 Å². The second-order valence-corrected chi connectivity index (χ2v) is 6.21. The molecule has 1 aromatic heterocycles. The monoisotopic (exact) mass is 313 g/mol. The fourth-order valence-electron chi connectivity index (χ4n) is 3.02. The molecule has 0 saturated heterocycles. The van der Waals surface area contributed by atoms with Crippen LogP contribution in [0.2, 0.25) is 0 Å². The predicted molar refractivity (Wildman–Crippen MR) is 88.4 cm³/mol. The first-order valence-electron chi connectivity index (χ1n) is 8.30. The molecule has 1 aromatic carbocycles. The lowest BCUT2D eigenvalue weighted by atomic mass is 9.86. The molecule has 1 aliphatic rings. The Morgan fingerprint density at radius 3 is 2.74 bits per heavy atom. The van der Waals surface area contributed by atoms with E-state index < -0.39 is 0 Å². The van der Waals surface area contributed by atoms with Crippen molar-refractivity contribution in [3.05, 3.63) is 54.0 Å². The Morgan fingerprint density at radius 1 is 1.17 bits per heavy atom. The Bertz CT molecular complexity index is 635. The van der Waals surface area contributed by atoms with Crippen LogP contribution in [-0.4, -0.2) is 11.9 Å². The molecule has 1 aliphatic carbocycles. The third kappa shape index (κ3) is 4.15. The lowest BCUT2D eigenvalue weighted by molar-refractivity contribution is 0.0878. The summed E-state index contributed by atoms with van der Waals surface area (Å²) >= 11 is 0. The third-order valence-corrected chi connectivity index (χ3v) is 4.44. The molecule has 2 aromatic rings. The van der Waals surface area contributed by atoms with Crippen molar-refractivity contribution in [1.82, 2.24) is 5.32 Å². The van der Waals surface area contributed by atoms with E-state index in [-0.39, 0.29) is 11.9 Å². The highest BCUT2D eigenvalue weighted by Gasteiger charge is 2.24. The molecule has 1 saturated carbocycles. The van der Waals surface area contributed by atoms with Gasteiger partial charge < -0.3 is 14.5 Å². The Morgan fingerprint density at radius 2 is 1.96 bits per heavy atom. The van der Waals surface area contributed by atoms with E-state index in [2.05, 4.69) is 12.2 Å². The minimum Gasteiger partial charge on any atom is -0.486 e. The van der Waals surface area contributed by atoms with Crippen LogP contribution in [0.25, 0.3) is 0 Å². The molecule has 0 unspecified atom stereocenters. The predicted octanol–water partition coefficient (Wildman–Crippen LogP) is 4.17. The maximum Gasteiger partial charge on any atom is 0.287 e. The quantitative estimate of drug-likeness (QED) is 0.901. The Hall–Kier alpha value is -2.23. The van der Waals surface area contributed by atoms with Gasteiger partial charge in [0.1, 0.15) is 18.1 Å². The van der Waals surface area contributed by atoms with E-state index in [1.165, 1.54) is 19.3 Å². The van der Waals surface area contributed by atoms with Gasteiger partial charge >= 0.3 is 0 Å². The SMILES string of the molecule is C[C@H]1CCCC[C@@H]1NC(=O)c1ccc(COc2ccccc2)o1. The highest BCUT2D eigenvalue weighted by atomic mass is 16.5. The van der Waals surface area contributed by atoms with Crippen molar-refractivity contribution in [2.75, 3.05) is 0 Å². The van der Waals surface area contributed by atoms with Crippen LogP contribution in [0.5, 0.6) is 5.75 Å². The van der Waals surface area contributed by atoms with Gasteiger partial charge in [0.15, 0.2) is 5.76 Å². The Labute approximate surface area is 136 Å². The number of para-hydroxylation sites is 1. The van der Waals surface area contributed by atoms with E-state index in [9.17, 15) is 4.79 Å². The van der Waals surface area contributed by atoms with E-state index >= 15 is 0 Å². The second kappa shape index (κ2) is 7.36. The smallest absolute Gasteiger partial charge is 0.287 e. The van der Waals surface area contributed by atoms with Crippen molar-refractivity contribution in [2.45, 2.75) is 45.3 Å². The van der Waals surface area contributed by atoms with Crippen molar-refractivity contribution >= 4 is 5.91 Å². The molecule has 0 bridgehead atoms. The van der Waals surface area contributed by atoms with Gasteiger partial charge in [0.2, 0.25) is 0 Å². The molecule has 0 aliphatic heterocycles. The topological polar surface area (TPSA) is 51.5 Å². The van der Waals surface area contributed by atoms with Crippen LogP contribution in [0.15, 0.2) is 46.9 Å². The van der Waals surface area contributed by atoms with E-state index in [0.717, 1.165) is 12.2 Å². The zero-order valence-corrected chi connectivity index (χ0v) is 13.5. The van der Waals surface area contributed by atoms with Crippen molar-refractivity contribution in [3.63, 3.8) is 0 Å². The summed E-state index contributed by atoms with van der Waals surface area (Å²) in [6, 6.07) is 13.3. The average Bonchev–Trinajstić information content (AvgIpc) is 3.05. The van der Waals surface area contributed by atoms with Crippen LogP contribution in [0.1, 0.15) is 48.9 Å². The van der Waals surface area contributed by atoms with Gasteiger partial charge in [0.25, 0.3) is 5.91 Å². The highest BCUT2D eigenvalue weighted by molar-refractivity contribution is 5.91. The van der Waals surface area contributed by atoms with Crippen LogP contribution in [0, 0.1) is 5.92 Å². The molecule has 1 fully saturated rings. The zero-order chi connectivity index (χ0) is 16.1. The fraction of sp³-hybridized carbons (Fsp3) is 0.421. The molecule has 4 heteroatoms. The van der Waals surface area contributed by atoms with Crippen molar-refractivity contribution in [2.24, 2.45) is 5.92 Å². The molecule has 2 atom stereocenters. The highest BCUT2D eigenvalue weighted by Crippen LogP contribution is 2.24. The lowest BCUT2D eigenvalue weighted by Gasteiger charge is -2.29. The van der Waals surface area contributed by atoms with Crippen LogP contribution in [-0.2, 0) is 6.61 Å². The Kier molecular flexibility index (Phi) is 5.01. The van der Waals surface area contributed by atoms with Gasteiger partial charge in [-0.3, -0.25) is 4.79 Å². The average molecular weight is 313 g/mol. The van der Waals surface area contributed by atoms with Gasteiger partial charge in [0, 0.05) is 6.04 Å².